The third kappa shape index (κ3) is 3.25. The Morgan fingerprint density at radius 3 is 2.53 bits per heavy atom. The molecule has 0 aliphatic carbocycles. The summed E-state index contributed by atoms with van der Waals surface area (Å²) in [4.78, 5) is 4.61. The van der Waals surface area contributed by atoms with Crippen LogP contribution < -0.4 is 4.90 Å². The largest absolute Gasteiger partial charge is 0.389 e. The van der Waals surface area contributed by atoms with Crippen LogP contribution in [0.1, 0.15) is 31.9 Å². The summed E-state index contributed by atoms with van der Waals surface area (Å²) in [5.74, 6) is -0.316. The summed E-state index contributed by atoms with van der Waals surface area (Å²) in [5, 5.41) is 9.78. The fraction of sp³-hybridized carbons (Fsp3) is 0.600. The molecule has 19 heavy (non-hydrogen) atoms. The van der Waals surface area contributed by atoms with Crippen LogP contribution in [0.4, 0.5) is 10.1 Å². The van der Waals surface area contributed by atoms with Crippen molar-refractivity contribution in [1.82, 2.24) is 4.90 Å². The quantitative estimate of drug-likeness (QED) is 0.906. The lowest BCUT2D eigenvalue weighted by molar-refractivity contribution is 0.194. The Morgan fingerprint density at radius 2 is 1.95 bits per heavy atom. The maximum Gasteiger partial charge on any atom is 0.131 e. The van der Waals surface area contributed by atoms with Gasteiger partial charge in [-0.15, -0.1) is 0 Å². The lowest BCUT2D eigenvalue weighted by atomic mass is 10.1. The van der Waals surface area contributed by atoms with Gasteiger partial charge < -0.3 is 10.0 Å². The van der Waals surface area contributed by atoms with Gasteiger partial charge in [-0.05, 0) is 32.0 Å². The Labute approximate surface area is 114 Å². The van der Waals surface area contributed by atoms with Gasteiger partial charge in [0, 0.05) is 37.4 Å². The van der Waals surface area contributed by atoms with Crippen LogP contribution in [0.5, 0.6) is 0 Å². The van der Waals surface area contributed by atoms with E-state index < -0.39 is 6.10 Å². The molecule has 1 fully saturated rings. The van der Waals surface area contributed by atoms with Crippen LogP contribution in [0.2, 0.25) is 0 Å². The molecule has 0 radical (unpaired) electrons. The van der Waals surface area contributed by atoms with E-state index in [9.17, 15) is 9.50 Å². The Bertz CT molecular complexity index is 415. The number of nitrogens with zero attached hydrogens (tertiary/aromatic N) is 2. The molecule has 106 valence electrons. The SMILES string of the molecule is CCCN1CCN(c2cccc(F)c2C(C)O)CC1. The summed E-state index contributed by atoms with van der Waals surface area (Å²) in [6.45, 7) is 8.72. The number of aliphatic hydroxyl groups is 1. The number of aliphatic hydroxyl groups excluding tert-OH is 1. The summed E-state index contributed by atoms with van der Waals surface area (Å²) in [7, 11) is 0. The number of anilines is 1. The summed E-state index contributed by atoms with van der Waals surface area (Å²) >= 11 is 0. The van der Waals surface area contributed by atoms with Crippen LogP contribution in [-0.2, 0) is 0 Å². The van der Waals surface area contributed by atoms with E-state index in [-0.39, 0.29) is 5.82 Å². The van der Waals surface area contributed by atoms with Crippen LogP contribution in [0.3, 0.4) is 0 Å². The monoisotopic (exact) mass is 266 g/mol. The van der Waals surface area contributed by atoms with Crippen molar-refractivity contribution in [3.63, 3.8) is 0 Å². The second kappa shape index (κ2) is 6.35. The molecule has 0 aromatic heterocycles. The number of hydrogen-bond donors (Lipinski definition) is 1. The van der Waals surface area contributed by atoms with Crippen molar-refractivity contribution < 1.29 is 9.50 Å². The number of benzene rings is 1. The average molecular weight is 266 g/mol. The average Bonchev–Trinajstić information content (AvgIpc) is 2.39. The standard InChI is InChI=1S/C15H23FN2O/c1-3-7-17-8-10-18(11-9-17)14-6-4-5-13(16)15(14)12(2)19/h4-6,12,19H,3,7-11H2,1-2H3. The first-order chi connectivity index (χ1) is 9.13. The minimum absolute atomic E-state index is 0.316. The van der Waals surface area contributed by atoms with Crippen molar-refractivity contribution in [3.8, 4) is 0 Å². The maximum atomic E-state index is 13.9. The first kappa shape index (κ1) is 14.3. The third-order valence-electron chi connectivity index (χ3n) is 3.70. The topological polar surface area (TPSA) is 26.7 Å². The molecule has 0 spiro atoms. The lowest BCUT2D eigenvalue weighted by Gasteiger charge is -2.37. The lowest BCUT2D eigenvalue weighted by Crippen LogP contribution is -2.46. The van der Waals surface area contributed by atoms with E-state index in [2.05, 4.69) is 16.7 Å². The number of halogens is 1. The van der Waals surface area contributed by atoms with E-state index in [4.69, 9.17) is 0 Å². The fourth-order valence-corrected chi connectivity index (χ4v) is 2.74. The molecule has 0 saturated carbocycles. The molecular weight excluding hydrogens is 243 g/mol. The van der Waals surface area contributed by atoms with E-state index in [0.717, 1.165) is 38.4 Å². The maximum absolute atomic E-state index is 13.9. The molecule has 1 heterocycles. The number of piperazine rings is 1. The zero-order valence-electron chi connectivity index (χ0n) is 11.8. The molecule has 0 bridgehead atoms. The Hall–Kier alpha value is -1.13. The van der Waals surface area contributed by atoms with E-state index in [0.29, 0.717) is 5.56 Å². The molecule has 2 rings (SSSR count). The third-order valence-corrected chi connectivity index (χ3v) is 3.70. The predicted octanol–water partition coefficient (Wildman–Crippen LogP) is 2.41. The molecule has 0 amide bonds. The van der Waals surface area contributed by atoms with Gasteiger partial charge in [0.2, 0.25) is 0 Å². The highest BCUT2D eigenvalue weighted by molar-refractivity contribution is 5.55. The zero-order chi connectivity index (χ0) is 13.8. The number of rotatable bonds is 4. The molecule has 3 nitrogen and oxygen atoms in total. The molecule has 1 aliphatic heterocycles. The summed E-state index contributed by atoms with van der Waals surface area (Å²) in [6, 6.07) is 5.04. The van der Waals surface area contributed by atoms with Gasteiger partial charge in [-0.3, -0.25) is 4.90 Å². The molecule has 1 unspecified atom stereocenters. The van der Waals surface area contributed by atoms with Crippen molar-refractivity contribution in [2.45, 2.75) is 26.4 Å². The van der Waals surface area contributed by atoms with Gasteiger partial charge in [-0.25, -0.2) is 4.39 Å². The highest BCUT2D eigenvalue weighted by Crippen LogP contribution is 2.29. The van der Waals surface area contributed by atoms with E-state index >= 15 is 0 Å². The fourth-order valence-electron chi connectivity index (χ4n) is 2.74. The van der Waals surface area contributed by atoms with Gasteiger partial charge in [-0.1, -0.05) is 13.0 Å². The number of hydrogen-bond acceptors (Lipinski definition) is 3. The first-order valence-electron chi connectivity index (χ1n) is 7.07. The Kier molecular flexibility index (Phi) is 4.77. The minimum atomic E-state index is -0.773. The van der Waals surface area contributed by atoms with E-state index in [1.54, 1.807) is 13.0 Å². The zero-order valence-corrected chi connectivity index (χ0v) is 11.8. The summed E-state index contributed by atoms with van der Waals surface area (Å²) < 4.78 is 13.9. The molecule has 1 saturated heterocycles. The van der Waals surface area contributed by atoms with Crippen molar-refractivity contribution in [2.24, 2.45) is 0 Å². The van der Waals surface area contributed by atoms with Gasteiger partial charge in [0.15, 0.2) is 0 Å². The molecule has 1 aromatic carbocycles. The molecule has 1 aromatic rings. The molecular formula is C15H23FN2O. The van der Waals surface area contributed by atoms with Gasteiger partial charge in [0.25, 0.3) is 0 Å². The van der Waals surface area contributed by atoms with Gasteiger partial charge in [-0.2, -0.15) is 0 Å². The van der Waals surface area contributed by atoms with Crippen molar-refractivity contribution in [3.05, 3.63) is 29.6 Å². The van der Waals surface area contributed by atoms with E-state index in [1.165, 1.54) is 12.5 Å². The molecule has 1 aliphatic rings. The highest BCUT2D eigenvalue weighted by atomic mass is 19.1. The molecule has 4 heteroatoms. The van der Waals surface area contributed by atoms with E-state index in [1.807, 2.05) is 6.07 Å². The van der Waals surface area contributed by atoms with Crippen molar-refractivity contribution in [1.29, 1.82) is 0 Å². The van der Waals surface area contributed by atoms with Crippen LogP contribution in [0.15, 0.2) is 18.2 Å². The van der Waals surface area contributed by atoms with Crippen LogP contribution in [0.25, 0.3) is 0 Å². The normalized spacial score (nSPS) is 18.6. The minimum Gasteiger partial charge on any atom is -0.389 e. The smallest absolute Gasteiger partial charge is 0.131 e. The van der Waals surface area contributed by atoms with Crippen LogP contribution >= 0.6 is 0 Å². The first-order valence-corrected chi connectivity index (χ1v) is 7.07. The van der Waals surface area contributed by atoms with Gasteiger partial charge in [0.05, 0.1) is 6.10 Å². The Balaban J connectivity index is 2.13. The second-order valence-electron chi connectivity index (χ2n) is 5.18. The van der Waals surface area contributed by atoms with Crippen molar-refractivity contribution >= 4 is 5.69 Å². The van der Waals surface area contributed by atoms with Gasteiger partial charge >= 0.3 is 0 Å². The summed E-state index contributed by atoms with van der Waals surface area (Å²) in [5.41, 5.74) is 1.26. The van der Waals surface area contributed by atoms with Crippen molar-refractivity contribution in [2.75, 3.05) is 37.6 Å². The van der Waals surface area contributed by atoms with Crippen LogP contribution in [-0.4, -0.2) is 42.7 Å². The summed E-state index contributed by atoms with van der Waals surface area (Å²) in [6.07, 6.45) is 0.392. The van der Waals surface area contributed by atoms with Crippen LogP contribution in [0, 0.1) is 5.82 Å². The molecule has 1 N–H and O–H groups in total. The Morgan fingerprint density at radius 1 is 1.26 bits per heavy atom. The van der Waals surface area contributed by atoms with Gasteiger partial charge in [0.1, 0.15) is 5.82 Å². The second-order valence-corrected chi connectivity index (χ2v) is 5.18. The predicted molar refractivity (Wildman–Crippen MR) is 76.0 cm³/mol. The highest BCUT2D eigenvalue weighted by Gasteiger charge is 2.21. The molecule has 1 atom stereocenters.